The van der Waals surface area contributed by atoms with E-state index < -0.39 is 18.2 Å². The molecule has 2 heterocycles. The van der Waals surface area contributed by atoms with Crippen LogP contribution >= 0.6 is 0 Å². The third-order valence-corrected chi connectivity index (χ3v) is 3.73. The zero-order valence-electron chi connectivity index (χ0n) is 11.7. The summed E-state index contributed by atoms with van der Waals surface area (Å²) < 4.78 is 18.8. The Hall–Kier alpha value is -2.25. The Bertz CT molecular complexity index is 779. The molecule has 1 aliphatic rings. The van der Waals surface area contributed by atoms with E-state index in [2.05, 4.69) is 0 Å². The number of benzene rings is 1. The first kappa shape index (κ1) is 14.7. The molecule has 2 aromatic rings. The van der Waals surface area contributed by atoms with E-state index in [1.807, 2.05) is 0 Å². The second-order valence-electron chi connectivity index (χ2n) is 5.29. The van der Waals surface area contributed by atoms with Gasteiger partial charge in [0.15, 0.2) is 5.43 Å². The molecule has 0 radical (unpaired) electrons. The molecule has 1 amide bonds. The lowest BCUT2D eigenvalue weighted by Gasteiger charge is -2.15. The minimum absolute atomic E-state index is 0.0568. The van der Waals surface area contributed by atoms with Crippen molar-refractivity contribution in [2.45, 2.75) is 18.8 Å². The van der Waals surface area contributed by atoms with Crippen LogP contribution in [0, 0.1) is 0 Å². The minimum Gasteiger partial charge on any atom is -0.459 e. The van der Waals surface area contributed by atoms with Crippen molar-refractivity contribution in [3.8, 4) is 0 Å². The molecule has 0 aliphatic carbocycles. The molecule has 1 fully saturated rings. The maximum Gasteiger partial charge on any atom is 0.254 e. The fraction of sp³-hybridized carbons (Fsp3) is 0.333. The third kappa shape index (κ3) is 2.49. The minimum atomic E-state index is -1.44. The Morgan fingerprint density at radius 2 is 2.18 bits per heavy atom. The molecule has 3 rings (SSSR count). The van der Waals surface area contributed by atoms with Gasteiger partial charge < -0.3 is 20.2 Å². The van der Waals surface area contributed by atoms with Crippen molar-refractivity contribution >= 4 is 16.9 Å². The molecule has 6 nitrogen and oxygen atoms in total. The van der Waals surface area contributed by atoms with Crippen molar-refractivity contribution in [1.82, 2.24) is 4.90 Å². The molecular weight excluding hydrogens is 291 g/mol. The van der Waals surface area contributed by atoms with E-state index in [1.165, 1.54) is 29.2 Å². The first-order valence-corrected chi connectivity index (χ1v) is 6.88. The van der Waals surface area contributed by atoms with Gasteiger partial charge >= 0.3 is 0 Å². The van der Waals surface area contributed by atoms with Gasteiger partial charge in [0.1, 0.15) is 23.6 Å². The molecule has 116 valence electrons. The second kappa shape index (κ2) is 5.51. The van der Waals surface area contributed by atoms with Crippen molar-refractivity contribution in [3.05, 3.63) is 45.8 Å². The summed E-state index contributed by atoms with van der Waals surface area (Å²) in [7, 11) is 0. The topological polar surface area (TPSA) is 96.8 Å². The highest BCUT2D eigenvalue weighted by atomic mass is 19.1. The normalized spacial score (nSPS) is 21.5. The maximum absolute atomic E-state index is 13.3. The van der Waals surface area contributed by atoms with E-state index in [4.69, 9.17) is 10.2 Å². The van der Waals surface area contributed by atoms with Crippen LogP contribution in [0.1, 0.15) is 16.1 Å². The number of fused-ring (bicyclic) bond motifs is 1. The van der Waals surface area contributed by atoms with E-state index in [-0.39, 0.29) is 36.0 Å². The van der Waals surface area contributed by atoms with E-state index in [0.717, 1.165) is 0 Å². The van der Waals surface area contributed by atoms with Crippen LogP contribution in [0.25, 0.3) is 11.0 Å². The number of nitrogens with zero attached hydrogens (tertiary/aromatic N) is 1. The highest BCUT2D eigenvalue weighted by molar-refractivity contribution is 5.97. The number of carbonyl (C=O) groups is 1. The van der Waals surface area contributed by atoms with Crippen LogP contribution in [0.3, 0.4) is 0 Å². The predicted molar refractivity (Wildman–Crippen MR) is 77.2 cm³/mol. The third-order valence-electron chi connectivity index (χ3n) is 3.73. The SMILES string of the molecule is NCc1cc(=O)c2cc(C(=O)N3CC(O)C(F)C3)ccc2o1. The molecule has 2 atom stereocenters. The van der Waals surface area contributed by atoms with E-state index >= 15 is 0 Å². The maximum atomic E-state index is 13.3. The molecule has 1 saturated heterocycles. The number of likely N-dealkylation sites (tertiary alicyclic amines) is 1. The summed E-state index contributed by atoms with van der Waals surface area (Å²) in [5.41, 5.74) is 5.75. The number of carbonyl (C=O) groups excluding carboxylic acids is 1. The number of nitrogens with two attached hydrogens (primary N) is 1. The van der Waals surface area contributed by atoms with Crippen LogP contribution in [-0.4, -0.2) is 41.3 Å². The fourth-order valence-corrected chi connectivity index (χ4v) is 2.54. The van der Waals surface area contributed by atoms with Crippen molar-refractivity contribution in [3.63, 3.8) is 0 Å². The molecule has 1 aromatic carbocycles. The predicted octanol–water partition coefficient (Wildman–Crippen LogP) is 0.406. The summed E-state index contributed by atoms with van der Waals surface area (Å²) in [5, 5.41) is 9.66. The van der Waals surface area contributed by atoms with Gasteiger partial charge in [0, 0.05) is 18.2 Å². The highest BCUT2D eigenvalue weighted by Gasteiger charge is 2.34. The molecule has 0 saturated carbocycles. The number of aliphatic hydroxyl groups is 1. The van der Waals surface area contributed by atoms with Gasteiger partial charge in [0.2, 0.25) is 0 Å². The van der Waals surface area contributed by atoms with E-state index in [0.29, 0.717) is 11.3 Å². The van der Waals surface area contributed by atoms with Crippen LogP contribution in [0.15, 0.2) is 33.5 Å². The Kier molecular flexibility index (Phi) is 3.67. The van der Waals surface area contributed by atoms with E-state index in [9.17, 15) is 19.1 Å². The molecule has 2 unspecified atom stereocenters. The molecule has 1 aliphatic heterocycles. The summed E-state index contributed by atoms with van der Waals surface area (Å²) >= 11 is 0. The lowest BCUT2D eigenvalue weighted by atomic mass is 10.1. The van der Waals surface area contributed by atoms with Crippen molar-refractivity contribution < 1.29 is 18.7 Å². The summed E-state index contributed by atoms with van der Waals surface area (Å²) in [5.74, 6) is -0.0667. The molecule has 22 heavy (non-hydrogen) atoms. The zero-order chi connectivity index (χ0) is 15.9. The van der Waals surface area contributed by atoms with E-state index in [1.54, 1.807) is 0 Å². The van der Waals surface area contributed by atoms with Gasteiger partial charge in [-0.15, -0.1) is 0 Å². The van der Waals surface area contributed by atoms with Gasteiger partial charge in [-0.2, -0.15) is 0 Å². The number of aliphatic hydroxyl groups excluding tert-OH is 1. The summed E-state index contributed by atoms with van der Waals surface area (Å²) in [6.45, 7) is -0.104. The van der Waals surface area contributed by atoms with Crippen molar-refractivity contribution in [2.24, 2.45) is 5.73 Å². The van der Waals surface area contributed by atoms with Crippen LogP contribution in [-0.2, 0) is 6.54 Å². The van der Waals surface area contributed by atoms with Gasteiger partial charge in [0.05, 0.1) is 18.5 Å². The standard InChI is InChI=1S/C15H15FN2O4/c16-11-6-18(7-13(11)20)15(21)8-1-2-14-10(3-8)12(19)4-9(5-17)22-14/h1-4,11,13,20H,5-7,17H2. The van der Waals surface area contributed by atoms with Gasteiger partial charge in [-0.25, -0.2) is 4.39 Å². The summed E-state index contributed by atoms with van der Waals surface area (Å²) in [4.78, 5) is 25.6. The van der Waals surface area contributed by atoms with Gasteiger partial charge in [-0.05, 0) is 18.2 Å². The number of hydrogen-bond donors (Lipinski definition) is 2. The molecule has 0 bridgehead atoms. The Morgan fingerprint density at radius 3 is 2.82 bits per heavy atom. The summed E-state index contributed by atoms with van der Waals surface area (Å²) in [6.07, 6.45) is -2.61. The average molecular weight is 306 g/mol. The number of rotatable bonds is 2. The Balaban J connectivity index is 1.97. The number of β-amino-alcohol motifs (C(OH)–C–C–N with tert-alkyl or cyclic N) is 1. The first-order valence-electron chi connectivity index (χ1n) is 6.88. The lowest BCUT2D eigenvalue weighted by molar-refractivity contribution is 0.0764. The Labute approximate surface area is 124 Å². The Morgan fingerprint density at radius 1 is 1.41 bits per heavy atom. The van der Waals surface area contributed by atoms with Gasteiger partial charge in [-0.1, -0.05) is 0 Å². The fourth-order valence-electron chi connectivity index (χ4n) is 2.54. The van der Waals surface area contributed by atoms with Crippen molar-refractivity contribution in [2.75, 3.05) is 13.1 Å². The van der Waals surface area contributed by atoms with Crippen LogP contribution in [0.2, 0.25) is 0 Å². The average Bonchev–Trinajstić information content (AvgIpc) is 2.85. The van der Waals surface area contributed by atoms with Crippen molar-refractivity contribution in [1.29, 1.82) is 0 Å². The zero-order valence-corrected chi connectivity index (χ0v) is 11.7. The van der Waals surface area contributed by atoms with Gasteiger partial charge in [0.25, 0.3) is 5.91 Å². The molecule has 1 aromatic heterocycles. The smallest absolute Gasteiger partial charge is 0.254 e. The first-order chi connectivity index (χ1) is 10.5. The second-order valence-corrected chi connectivity index (χ2v) is 5.29. The summed E-state index contributed by atoms with van der Waals surface area (Å²) in [6, 6.07) is 5.73. The quantitative estimate of drug-likeness (QED) is 0.837. The number of amides is 1. The molecular formula is C15H15FN2O4. The number of alkyl halides is 1. The van der Waals surface area contributed by atoms with Crippen LogP contribution in [0.4, 0.5) is 4.39 Å². The number of halogens is 1. The van der Waals surface area contributed by atoms with Crippen LogP contribution in [0.5, 0.6) is 0 Å². The molecule has 3 N–H and O–H groups in total. The van der Waals surface area contributed by atoms with Gasteiger partial charge in [-0.3, -0.25) is 9.59 Å². The molecule has 7 heteroatoms. The largest absolute Gasteiger partial charge is 0.459 e. The highest BCUT2D eigenvalue weighted by Crippen LogP contribution is 2.19. The van der Waals surface area contributed by atoms with Crippen LogP contribution < -0.4 is 11.2 Å². The molecule has 0 spiro atoms. The number of hydrogen-bond acceptors (Lipinski definition) is 5. The monoisotopic (exact) mass is 306 g/mol. The lowest BCUT2D eigenvalue weighted by Crippen LogP contribution is -2.29.